The van der Waals surface area contributed by atoms with Gasteiger partial charge in [-0.1, -0.05) is 31.5 Å². The fourth-order valence-electron chi connectivity index (χ4n) is 3.60. The minimum absolute atomic E-state index is 0.611. The van der Waals surface area contributed by atoms with E-state index < -0.39 is 0 Å². The van der Waals surface area contributed by atoms with E-state index in [4.69, 9.17) is 0 Å². The molecule has 1 aromatic carbocycles. The van der Waals surface area contributed by atoms with Crippen LogP contribution in [0.5, 0.6) is 0 Å². The molecule has 0 aromatic heterocycles. The van der Waals surface area contributed by atoms with Crippen LogP contribution in [-0.2, 0) is 0 Å². The quantitative estimate of drug-likeness (QED) is 0.816. The van der Waals surface area contributed by atoms with Crippen molar-refractivity contribution >= 4 is 5.69 Å². The van der Waals surface area contributed by atoms with E-state index >= 15 is 0 Å². The molecule has 2 N–H and O–H groups in total. The maximum atomic E-state index is 3.78. The SMILES string of the molecule is CCNC1CCCC2c3cccc(C)c3NC12. The molecule has 3 atom stereocenters. The molecule has 3 rings (SSSR count). The summed E-state index contributed by atoms with van der Waals surface area (Å²) in [6.07, 6.45) is 4.01. The van der Waals surface area contributed by atoms with Crippen molar-refractivity contribution in [2.75, 3.05) is 11.9 Å². The Balaban J connectivity index is 1.92. The van der Waals surface area contributed by atoms with Crippen molar-refractivity contribution in [2.24, 2.45) is 0 Å². The molecule has 1 fully saturated rings. The molecule has 1 heterocycles. The van der Waals surface area contributed by atoms with E-state index in [1.54, 1.807) is 5.56 Å². The summed E-state index contributed by atoms with van der Waals surface area (Å²) >= 11 is 0. The summed E-state index contributed by atoms with van der Waals surface area (Å²) in [6, 6.07) is 7.99. The largest absolute Gasteiger partial charge is 0.380 e. The van der Waals surface area contributed by atoms with E-state index in [-0.39, 0.29) is 0 Å². The Morgan fingerprint density at radius 1 is 1.35 bits per heavy atom. The van der Waals surface area contributed by atoms with E-state index in [0.29, 0.717) is 12.1 Å². The number of fused-ring (bicyclic) bond motifs is 3. The topological polar surface area (TPSA) is 24.1 Å². The van der Waals surface area contributed by atoms with Gasteiger partial charge in [0.2, 0.25) is 0 Å². The van der Waals surface area contributed by atoms with Gasteiger partial charge in [0.1, 0.15) is 0 Å². The van der Waals surface area contributed by atoms with Crippen LogP contribution in [0.1, 0.15) is 43.2 Å². The molecule has 1 saturated carbocycles. The number of nitrogens with one attached hydrogen (secondary N) is 2. The maximum absolute atomic E-state index is 3.78. The first-order chi connectivity index (χ1) is 8.31. The second-order valence-electron chi connectivity index (χ2n) is 5.41. The minimum Gasteiger partial charge on any atom is -0.380 e. The highest BCUT2D eigenvalue weighted by Crippen LogP contribution is 2.44. The number of hydrogen-bond acceptors (Lipinski definition) is 2. The summed E-state index contributed by atoms with van der Waals surface area (Å²) in [5, 5.41) is 7.42. The van der Waals surface area contributed by atoms with Gasteiger partial charge in [-0.2, -0.15) is 0 Å². The van der Waals surface area contributed by atoms with Crippen molar-refractivity contribution in [2.45, 2.75) is 51.1 Å². The third kappa shape index (κ3) is 1.75. The number of rotatable bonds is 2. The maximum Gasteiger partial charge on any atom is 0.0484 e. The van der Waals surface area contributed by atoms with Crippen LogP contribution in [0.2, 0.25) is 0 Å². The minimum atomic E-state index is 0.611. The Bertz CT molecular complexity index is 411. The Hall–Kier alpha value is -1.02. The van der Waals surface area contributed by atoms with Crippen LogP contribution in [0, 0.1) is 6.92 Å². The van der Waals surface area contributed by atoms with Crippen molar-refractivity contribution < 1.29 is 0 Å². The summed E-state index contributed by atoms with van der Waals surface area (Å²) < 4.78 is 0. The van der Waals surface area contributed by atoms with Crippen LogP contribution in [0.4, 0.5) is 5.69 Å². The number of benzene rings is 1. The molecular formula is C15H22N2. The lowest BCUT2D eigenvalue weighted by Gasteiger charge is -2.34. The zero-order valence-corrected chi connectivity index (χ0v) is 10.8. The normalized spacial score (nSPS) is 30.6. The van der Waals surface area contributed by atoms with E-state index in [9.17, 15) is 0 Å². The Morgan fingerprint density at radius 3 is 3.06 bits per heavy atom. The van der Waals surface area contributed by atoms with E-state index in [1.165, 1.54) is 30.5 Å². The summed E-state index contributed by atoms with van der Waals surface area (Å²) in [7, 11) is 0. The predicted octanol–water partition coefficient (Wildman–Crippen LogP) is 3.03. The molecular weight excluding hydrogens is 208 g/mol. The summed E-state index contributed by atoms with van der Waals surface area (Å²) in [5.74, 6) is 0.725. The van der Waals surface area contributed by atoms with Crippen LogP contribution >= 0.6 is 0 Å². The lowest BCUT2D eigenvalue weighted by molar-refractivity contribution is 0.325. The third-order valence-corrected chi connectivity index (χ3v) is 4.38. The number of anilines is 1. The number of likely N-dealkylation sites (N-methyl/N-ethyl adjacent to an activating group) is 1. The van der Waals surface area contributed by atoms with Crippen molar-refractivity contribution in [1.82, 2.24) is 5.32 Å². The van der Waals surface area contributed by atoms with Gasteiger partial charge in [-0.05, 0) is 37.4 Å². The first-order valence-corrected chi connectivity index (χ1v) is 6.90. The van der Waals surface area contributed by atoms with Gasteiger partial charge in [-0.15, -0.1) is 0 Å². The predicted molar refractivity (Wildman–Crippen MR) is 72.6 cm³/mol. The second-order valence-corrected chi connectivity index (χ2v) is 5.41. The Labute approximate surface area is 104 Å². The molecule has 1 aliphatic carbocycles. The smallest absolute Gasteiger partial charge is 0.0484 e. The number of hydrogen-bond donors (Lipinski definition) is 2. The van der Waals surface area contributed by atoms with E-state index in [0.717, 1.165) is 12.5 Å². The van der Waals surface area contributed by atoms with Gasteiger partial charge in [-0.25, -0.2) is 0 Å². The van der Waals surface area contributed by atoms with Gasteiger partial charge < -0.3 is 10.6 Å². The highest BCUT2D eigenvalue weighted by Gasteiger charge is 2.39. The van der Waals surface area contributed by atoms with Crippen molar-refractivity contribution in [3.63, 3.8) is 0 Å². The van der Waals surface area contributed by atoms with Gasteiger partial charge in [0.05, 0.1) is 0 Å². The van der Waals surface area contributed by atoms with Crippen molar-refractivity contribution in [3.8, 4) is 0 Å². The Kier molecular flexibility index (Phi) is 2.83. The highest BCUT2D eigenvalue weighted by molar-refractivity contribution is 5.64. The molecule has 92 valence electrons. The average molecular weight is 230 g/mol. The first kappa shape index (κ1) is 11.1. The monoisotopic (exact) mass is 230 g/mol. The van der Waals surface area contributed by atoms with E-state index in [2.05, 4.69) is 42.7 Å². The average Bonchev–Trinajstić information content (AvgIpc) is 2.71. The van der Waals surface area contributed by atoms with Crippen LogP contribution in [0.3, 0.4) is 0 Å². The standard InChI is InChI=1S/C15H22N2/c1-3-16-13-9-5-8-12-11-7-4-6-10(2)14(11)17-15(12)13/h4,6-7,12-13,15-17H,3,5,8-9H2,1-2H3. The molecule has 2 heteroatoms. The molecule has 0 bridgehead atoms. The lowest BCUT2D eigenvalue weighted by atomic mass is 9.79. The molecule has 17 heavy (non-hydrogen) atoms. The molecule has 3 unspecified atom stereocenters. The molecule has 1 aliphatic heterocycles. The Morgan fingerprint density at radius 2 is 2.24 bits per heavy atom. The molecule has 2 nitrogen and oxygen atoms in total. The van der Waals surface area contributed by atoms with Crippen LogP contribution in [0.15, 0.2) is 18.2 Å². The lowest BCUT2D eigenvalue weighted by Crippen LogP contribution is -2.47. The molecule has 0 amide bonds. The number of para-hydroxylation sites is 1. The first-order valence-electron chi connectivity index (χ1n) is 6.90. The zero-order valence-electron chi connectivity index (χ0n) is 10.8. The van der Waals surface area contributed by atoms with Crippen LogP contribution in [0.25, 0.3) is 0 Å². The fourth-order valence-corrected chi connectivity index (χ4v) is 3.60. The van der Waals surface area contributed by atoms with Crippen molar-refractivity contribution in [1.29, 1.82) is 0 Å². The van der Waals surface area contributed by atoms with E-state index in [1.807, 2.05) is 0 Å². The van der Waals surface area contributed by atoms with Gasteiger partial charge in [0.15, 0.2) is 0 Å². The summed E-state index contributed by atoms with van der Waals surface area (Å²) in [6.45, 7) is 5.49. The second kappa shape index (κ2) is 4.34. The molecule has 1 aromatic rings. The molecule has 0 spiro atoms. The van der Waals surface area contributed by atoms with Gasteiger partial charge in [0.25, 0.3) is 0 Å². The molecule has 0 radical (unpaired) electrons. The molecule has 0 saturated heterocycles. The van der Waals surface area contributed by atoms with Gasteiger partial charge in [-0.3, -0.25) is 0 Å². The third-order valence-electron chi connectivity index (χ3n) is 4.38. The summed E-state index contributed by atoms with van der Waals surface area (Å²) in [5.41, 5.74) is 4.36. The van der Waals surface area contributed by atoms with Crippen molar-refractivity contribution in [3.05, 3.63) is 29.3 Å². The zero-order chi connectivity index (χ0) is 11.8. The molecule has 2 aliphatic rings. The summed E-state index contributed by atoms with van der Waals surface area (Å²) in [4.78, 5) is 0. The van der Waals surface area contributed by atoms with Gasteiger partial charge >= 0.3 is 0 Å². The number of aryl methyl sites for hydroxylation is 1. The van der Waals surface area contributed by atoms with Crippen LogP contribution < -0.4 is 10.6 Å². The van der Waals surface area contributed by atoms with Gasteiger partial charge in [0, 0.05) is 23.7 Å². The van der Waals surface area contributed by atoms with Crippen LogP contribution in [-0.4, -0.2) is 18.6 Å². The highest BCUT2D eigenvalue weighted by atomic mass is 15.1. The fraction of sp³-hybridized carbons (Fsp3) is 0.600.